The Hall–Kier alpha value is -3.55. The van der Waals surface area contributed by atoms with Crippen LogP contribution in [0.4, 0.5) is 5.69 Å². The number of nitrogens with two attached hydrogens (primary N) is 1. The molecule has 1 aliphatic heterocycles. The van der Waals surface area contributed by atoms with Gasteiger partial charge in [-0.1, -0.05) is 17.2 Å². The van der Waals surface area contributed by atoms with E-state index in [0.29, 0.717) is 46.3 Å². The highest BCUT2D eigenvalue weighted by molar-refractivity contribution is 6.19. The number of nitrogens with zero attached hydrogens (tertiary/aromatic N) is 5. The van der Waals surface area contributed by atoms with Crippen molar-refractivity contribution in [1.82, 2.24) is 14.8 Å². The summed E-state index contributed by atoms with van der Waals surface area (Å²) in [4.78, 5) is 34.7. The second-order valence-corrected chi connectivity index (χ2v) is 6.92. The molecule has 0 bridgehead atoms. The largest absolute Gasteiger partial charge is 0.366 e. The van der Waals surface area contributed by atoms with Gasteiger partial charge in [-0.15, -0.1) is 0 Å². The SMILES string of the molecule is CN1CCN(C(=O)c2ccc3c(c2)[nH]c2c(C(N)=O)ccc(N=[N+]=[N-])c23)CC1. The van der Waals surface area contributed by atoms with Crippen molar-refractivity contribution in [2.75, 3.05) is 33.2 Å². The Morgan fingerprint density at radius 1 is 1.18 bits per heavy atom. The van der Waals surface area contributed by atoms with Crippen LogP contribution in [-0.2, 0) is 0 Å². The summed E-state index contributed by atoms with van der Waals surface area (Å²) in [5.74, 6) is -0.614. The molecule has 1 fully saturated rings. The van der Waals surface area contributed by atoms with Gasteiger partial charge in [-0.3, -0.25) is 9.59 Å². The lowest BCUT2D eigenvalue weighted by Gasteiger charge is -2.32. The Balaban J connectivity index is 1.84. The number of azide groups is 1. The molecule has 142 valence electrons. The van der Waals surface area contributed by atoms with Crippen LogP contribution in [0, 0.1) is 0 Å². The second kappa shape index (κ2) is 6.88. The Labute approximate surface area is 160 Å². The Bertz CT molecular complexity index is 1150. The van der Waals surface area contributed by atoms with Gasteiger partial charge in [-0.05, 0) is 30.8 Å². The summed E-state index contributed by atoms with van der Waals surface area (Å²) in [7, 11) is 2.04. The molecule has 9 nitrogen and oxygen atoms in total. The number of likely N-dealkylation sites (N-methyl/N-ethyl adjacent to an activating group) is 1. The second-order valence-electron chi connectivity index (χ2n) is 6.92. The van der Waals surface area contributed by atoms with E-state index in [-0.39, 0.29) is 5.91 Å². The first-order chi connectivity index (χ1) is 13.5. The van der Waals surface area contributed by atoms with E-state index in [1.807, 2.05) is 11.9 Å². The van der Waals surface area contributed by atoms with E-state index in [4.69, 9.17) is 11.3 Å². The first-order valence-electron chi connectivity index (χ1n) is 8.90. The molecule has 9 heteroatoms. The van der Waals surface area contributed by atoms with Gasteiger partial charge >= 0.3 is 0 Å². The molecule has 28 heavy (non-hydrogen) atoms. The number of carbonyl (C=O) groups is 2. The lowest BCUT2D eigenvalue weighted by molar-refractivity contribution is 0.0664. The van der Waals surface area contributed by atoms with Crippen molar-refractivity contribution in [1.29, 1.82) is 0 Å². The zero-order valence-corrected chi connectivity index (χ0v) is 15.3. The minimum absolute atomic E-state index is 0.0287. The van der Waals surface area contributed by atoms with Crippen molar-refractivity contribution in [2.45, 2.75) is 0 Å². The summed E-state index contributed by atoms with van der Waals surface area (Å²) < 4.78 is 0. The molecule has 3 aromatic rings. The lowest BCUT2D eigenvalue weighted by Crippen LogP contribution is -2.47. The van der Waals surface area contributed by atoms with Crippen LogP contribution >= 0.6 is 0 Å². The number of aromatic amines is 1. The van der Waals surface area contributed by atoms with E-state index >= 15 is 0 Å². The number of rotatable bonds is 3. The summed E-state index contributed by atoms with van der Waals surface area (Å²) in [5, 5.41) is 5.10. The molecule has 0 unspecified atom stereocenters. The van der Waals surface area contributed by atoms with Crippen LogP contribution < -0.4 is 5.73 Å². The number of amides is 2. The Morgan fingerprint density at radius 2 is 1.93 bits per heavy atom. The quantitative estimate of drug-likeness (QED) is 0.413. The number of benzene rings is 2. The third-order valence-electron chi connectivity index (χ3n) is 5.19. The van der Waals surface area contributed by atoms with E-state index in [2.05, 4.69) is 19.9 Å². The average molecular weight is 377 g/mol. The topological polar surface area (TPSA) is 131 Å². The molecule has 4 rings (SSSR count). The number of hydrogen-bond acceptors (Lipinski definition) is 4. The van der Waals surface area contributed by atoms with Crippen LogP contribution in [-0.4, -0.2) is 59.8 Å². The number of hydrogen-bond donors (Lipinski definition) is 2. The fourth-order valence-corrected chi connectivity index (χ4v) is 3.66. The number of fused-ring (bicyclic) bond motifs is 3. The van der Waals surface area contributed by atoms with E-state index in [0.717, 1.165) is 18.5 Å². The molecule has 1 saturated heterocycles. The van der Waals surface area contributed by atoms with Crippen LogP contribution in [0.3, 0.4) is 0 Å². The Kier molecular flexibility index (Phi) is 4.38. The molecule has 3 N–H and O–H groups in total. The van der Waals surface area contributed by atoms with Crippen LogP contribution in [0.2, 0.25) is 0 Å². The fourth-order valence-electron chi connectivity index (χ4n) is 3.66. The van der Waals surface area contributed by atoms with Crippen molar-refractivity contribution in [3.05, 3.63) is 51.9 Å². The molecule has 0 spiro atoms. The van der Waals surface area contributed by atoms with E-state index in [1.165, 1.54) is 6.07 Å². The van der Waals surface area contributed by atoms with E-state index in [9.17, 15) is 9.59 Å². The van der Waals surface area contributed by atoms with Gasteiger partial charge in [0, 0.05) is 58.6 Å². The number of aromatic nitrogens is 1. The third-order valence-corrected chi connectivity index (χ3v) is 5.19. The summed E-state index contributed by atoms with van der Waals surface area (Å²) in [6, 6.07) is 8.42. The zero-order chi connectivity index (χ0) is 19.8. The van der Waals surface area contributed by atoms with Crippen LogP contribution in [0.25, 0.3) is 32.2 Å². The van der Waals surface area contributed by atoms with Crippen LogP contribution in [0.5, 0.6) is 0 Å². The smallest absolute Gasteiger partial charge is 0.254 e. The first kappa shape index (κ1) is 17.8. The molecule has 1 aromatic heterocycles. The van der Waals surface area contributed by atoms with Crippen molar-refractivity contribution in [2.24, 2.45) is 10.8 Å². The van der Waals surface area contributed by atoms with Crippen molar-refractivity contribution >= 4 is 39.3 Å². The van der Waals surface area contributed by atoms with Gasteiger partial charge in [0.15, 0.2) is 0 Å². The molecule has 2 heterocycles. The molecule has 2 amide bonds. The summed E-state index contributed by atoms with van der Waals surface area (Å²) in [6.45, 7) is 3.07. The van der Waals surface area contributed by atoms with E-state index in [1.54, 1.807) is 24.3 Å². The molecule has 0 radical (unpaired) electrons. The highest BCUT2D eigenvalue weighted by Gasteiger charge is 2.21. The highest BCUT2D eigenvalue weighted by Crippen LogP contribution is 2.36. The molecule has 1 aliphatic rings. The molecule has 0 saturated carbocycles. The molecular weight excluding hydrogens is 358 g/mol. The first-order valence-corrected chi connectivity index (χ1v) is 8.90. The number of H-pyrrole nitrogens is 1. The normalized spacial score (nSPS) is 15.0. The maximum Gasteiger partial charge on any atom is 0.254 e. The minimum atomic E-state index is -0.585. The standard InChI is InChI=1S/C19H19N7O2/c1-25-6-8-26(9-7-25)19(28)11-2-3-12-15(10-11)22-17-13(18(20)27)4-5-14(16(12)17)23-24-21/h2-5,10,22H,6-9H2,1H3,(H2,20,27). The molecule has 2 aromatic carbocycles. The molecule has 0 atom stereocenters. The minimum Gasteiger partial charge on any atom is -0.366 e. The zero-order valence-electron chi connectivity index (χ0n) is 15.3. The van der Waals surface area contributed by atoms with Gasteiger partial charge in [0.05, 0.1) is 11.1 Å². The summed E-state index contributed by atoms with van der Waals surface area (Å²) in [6.07, 6.45) is 0. The molecular formula is C19H19N7O2. The highest BCUT2D eigenvalue weighted by atomic mass is 16.2. The maximum atomic E-state index is 12.9. The van der Waals surface area contributed by atoms with Gasteiger partial charge in [-0.2, -0.15) is 0 Å². The monoisotopic (exact) mass is 377 g/mol. The van der Waals surface area contributed by atoms with Gasteiger partial charge in [0.2, 0.25) is 0 Å². The predicted octanol–water partition coefficient (Wildman–Crippen LogP) is 2.75. The number of piperazine rings is 1. The van der Waals surface area contributed by atoms with Crippen LogP contribution in [0.1, 0.15) is 20.7 Å². The lowest BCUT2D eigenvalue weighted by atomic mass is 10.0. The fraction of sp³-hybridized carbons (Fsp3) is 0.263. The number of nitrogens with one attached hydrogen (secondary N) is 1. The number of primary amides is 1. The van der Waals surface area contributed by atoms with Gasteiger partial charge in [0.1, 0.15) is 0 Å². The van der Waals surface area contributed by atoms with Crippen molar-refractivity contribution in [3.63, 3.8) is 0 Å². The average Bonchev–Trinajstić information content (AvgIpc) is 3.07. The van der Waals surface area contributed by atoms with Gasteiger partial charge < -0.3 is 20.5 Å². The van der Waals surface area contributed by atoms with Crippen molar-refractivity contribution < 1.29 is 9.59 Å². The predicted molar refractivity (Wildman–Crippen MR) is 107 cm³/mol. The Morgan fingerprint density at radius 3 is 2.61 bits per heavy atom. The molecule has 0 aliphatic carbocycles. The van der Waals surface area contributed by atoms with Crippen LogP contribution in [0.15, 0.2) is 35.4 Å². The van der Waals surface area contributed by atoms with Gasteiger partial charge in [-0.25, -0.2) is 0 Å². The van der Waals surface area contributed by atoms with Crippen molar-refractivity contribution in [3.8, 4) is 0 Å². The maximum absolute atomic E-state index is 12.9. The number of carbonyl (C=O) groups excluding carboxylic acids is 2. The van der Waals surface area contributed by atoms with Gasteiger partial charge in [0.25, 0.3) is 11.8 Å². The van der Waals surface area contributed by atoms with E-state index < -0.39 is 5.91 Å². The summed E-state index contributed by atoms with van der Waals surface area (Å²) >= 11 is 0. The third kappa shape index (κ3) is 2.92. The summed E-state index contributed by atoms with van der Waals surface area (Å²) in [5.41, 5.74) is 16.8.